The first-order chi connectivity index (χ1) is 4.70. The molecule has 10 heavy (non-hydrogen) atoms. The highest BCUT2D eigenvalue weighted by Gasteiger charge is 2.47. The van der Waals surface area contributed by atoms with Crippen LogP contribution in [-0.4, -0.2) is 11.9 Å². The minimum atomic E-state index is 0.288. The Labute approximate surface area is 61.0 Å². The fraction of sp³-hybridized carbons (Fsp3) is 0.875. The average Bonchev–Trinajstić information content (AvgIpc) is 2.36. The van der Waals surface area contributed by atoms with Crippen LogP contribution in [-0.2, 0) is 4.79 Å². The minimum absolute atomic E-state index is 0.288. The van der Waals surface area contributed by atoms with Gasteiger partial charge in [-0.1, -0.05) is 13.8 Å². The molecule has 2 heteroatoms. The lowest BCUT2D eigenvalue weighted by molar-refractivity contribution is -0.125. The summed E-state index contributed by atoms with van der Waals surface area (Å²) in [6, 6.07) is 0.493. The van der Waals surface area contributed by atoms with E-state index in [4.69, 9.17) is 0 Å². The zero-order valence-corrected chi connectivity index (χ0v) is 6.42. The van der Waals surface area contributed by atoms with Gasteiger partial charge in [0.05, 0.1) is 0 Å². The zero-order chi connectivity index (χ0) is 7.30. The molecule has 2 bridgehead atoms. The van der Waals surface area contributed by atoms with Gasteiger partial charge in [-0.15, -0.1) is 0 Å². The molecule has 0 aromatic heterocycles. The van der Waals surface area contributed by atoms with E-state index in [0.29, 0.717) is 23.8 Å². The Kier molecular flexibility index (Phi) is 1.08. The summed E-state index contributed by atoms with van der Waals surface area (Å²) in [4.78, 5) is 11.1. The number of hydrogen-bond donors (Lipinski definition) is 1. The summed E-state index contributed by atoms with van der Waals surface area (Å²) in [5.74, 6) is 1.93. The first-order valence-corrected chi connectivity index (χ1v) is 4.00. The van der Waals surface area contributed by atoms with Gasteiger partial charge in [-0.05, 0) is 18.3 Å². The average molecular weight is 139 g/mol. The van der Waals surface area contributed by atoms with E-state index >= 15 is 0 Å². The van der Waals surface area contributed by atoms with Crippen molar-refractivity contribution in [2.45, 2.75) is 26.3 Å². The molecule has 56 valence electrons. The second-order valence-corrected chi connectivity index (χ2v) is 3.68. The maximum atomic E-state index is 11.1. The fourth-order valence-electron chi connectivity index (χ4n) is 2.26. The maximum Gasteiger partial charge on any atom is 0.223 e. The summed E-state index contributed by atoms with van der Waals surface area (Å²) in [7, 11) is 0. The van der Waals surface area contributed by atoms with Crippen LogP contribution < -0.4 is 5.32 Å². The van der Waals surface area contributed by atoms with Crippen LogP contribution >= 0.6 is 0 Å². The lowest BCUT2D eigenvalue weighted by Crippen LogP contribution is -2.40. The van der Waals surface area contributed by atoms with Gasteiger partial charge in [0.15, 0.2) is 0 Å². The third-order valence-electron chi connectivity index (χ3n) is 3.27. The predicted octanol–water partition coefficient (Wildman–Crippen LogP) is 0.777. The van der Waals surface area contributed by atoms with Crippen molar-refractivity contribution in [1.29, 1.82) is 0 Å². The van der Waals surface area contributed by atoms with Gasteiger partial charge in [-0.2, -0.15) is 0 Å². The molecule has 4 atom stereocenters. The standard InChI is InChI=1S/C8H13NO/c1-4-5(2)7-3-6(4)8(10)9-7/h4-7H,3H2,1-2H3,(H,9,10)/t4?,5?,6-,7+/m0/s1. The number of piperidine rings is 1. The summed E-state index contributed by atoms with van der Waals surface area (Å²) in [5.41, 5.74) is 0. The van der Waals surface area contributed by atoms with Crippen molar-refractivity contribution in [1.82, 2.24) is 5.32 Å². The Hall–Kier alpha value is -0.530. The van der Waals surface area contributed by atoms with Crippen LogP contribution in [0, 0.1) is 17.8 Å². The molecule has 0 aromatic carbocycles. The lowest BCUT2D eigenvalue weighted by Gasteiger charge is -2.24. The van der Waals surface area contributed by atoms with Crippen molar-refractivity contribution < 1.29 is 4.79 Å². The number of rotatable bonds is 0. The van der Waals surface area contributed by atoms with Crippen molar-refractivity contribution in [3.63, 3.8) is 0 Å². The molecule has 0 radical (unpaired) electrons. The van der Waals surface area contributed by atoms with Crippen molar-refractivity contribution in [3.8, 4) is 0 Å². The smallest absolute Gasteiger partial charge is 0.223 e. The Morgan fingerprint density at radius 2 is 2.10 bits per heavy atom. The second kappa shape index (κ2) is 1.74. The summed E-state index contributed by atoms with van der Waals surface area (Å²) >= 11 is 0. The highest BCUT2D eigenvalue weighted by Crippen LogP contribution is 2.41. The summed E-state index contributed by atoms with van der Waals surface area (Å²) in [6.45, 7) is 4.42. The highest BCUT2D eigenvalue weighted by atomic mass is 16.2. The lowest BCUT2D eigenvalue weighted by atomic mass is 9.89. The molecule has 0 aromatic rings. The van der Waals surface area contributed by atoms with E-state index in [1.54, 1.807) is 0 Å². The molecular formula is C8H13NO. The van der Waals surface area contributed by atoms with Gasteiger partial charge in [0.1, 0.15) is 0 Å². The van der Waals surface area contributed by atoms with E-state index in [-0.39, 0.29) is 5.91 Å². The van der Waals surface area contributed by atoms with Crippen LogP contribution in [0.2, 0.25) is 0 Å². The van der Waals surface area contributed by atoms with Gasteiger partial charge in [0, 0.05) is 12.0 Å². The molecule has 2 nitrogen and oxygen atoms in total. The van der Waals surface area contributed by atoms with Crippen molar-refractivity contribution in [2.75, 3.05) is 0 Å². The number of fused-ring (bicyclic) bond motifs is 2. The van der Waals surface area contributed by atoms with E-state index in [0.717, 1.165) is 6.42 Å². The molecule has 1 saturated heterocycles. The van der Waals surface area contributed by atoms with Crippen molar-refractivity contribution >= 4 is 5.91 Å². The molecule has 2 aliphatic rings. The summed E-state index contributed by atoms with van der Waals surface area (Å²) in [5, 5.41) is 2.99. The highest BCUT2D eigenvalue weighted by molar-refractivity contribution is 5.82. The molecule has 2 unspecified atom stereocenters. The Bertz CT molecular complexity index is 176. The van der Waals surface area contributed by atoms with E-state index in [1.807, 2.05) is 0 Å². The Balaban J connectivity index is 2.24. The molecule has 1 aliphatic heterocycles. The molecule has 1 aliphatic carbocycles. The molecule has 1 heterocycles. The quantitative estimate of drug-likeness (QED) is 0.528. The Morgan fingerprint density at radius 1 is 1.40 bits per heavy atom. The fourth-order valence-corrected chi connectivity index (χ4v) is 2.26. The van der Waals surface area contributed by atoms with Crippen LogP contribution in [0.25, 0.3) is 0 Å². The van der Waals surface area contributed by atoms with Crippen molar-refractivity contribution in [2.24, 2.45) is 17.8 Å². The van der Waals surface area contributed by atoms with Crippen LogP contribution in [0.1, 0.15) is 20.3 Å². The Morgan fingerprint density at radius 3 is 2.50 bits per heavy atom. The number of carbonyl (C=O) groups excluding carboxylic acids is 1. The zero-order valence-electron chi connectivity index (χ0n) is 6.42. The van der Waals surface area contributed by atoms with Gasteiger partial charge in [0.25, 0.3) is 0 Å². The third kappa shape index (κ3) is 0.568. The van der Waals surface area contributed by atoms with Crippen molar-refractivity contribution in [3.05, 3.63) is 0 Å². The maximum absolute atomic E-state index is 11.1. The monoisotopic (exact) mass is 139 g/mol. The molecular weight excluding hydrogens is 126 g/mol. The summed E-state index contributed by atoms with van der Waals surface area (Å²) in [6.07, 6.45) is 1.08. The summed E-state index contributed by atoms with van der Waals surface area (Å²) < 4.78 is 0. The van der Waals surface area contributed by atoms with E-state index in [1.165, 1.54) is 0 Å². The predicted molar refractivity (Wildman–Crippen MR) is 38.4 cm³/mol. The molecule has 2 rings (SSSR count). The first-order valence-electron chi connectivity index (χ1n) is 4.00. The molecule has 1 saturated carbocycles. The van der Waals surface area contributed by atoms with Crippen LogP contribution in [0.3, 0.4) is 0 Å². The SMILES string of the molecule is CC1C(C)[C@H]2C[C@@H]1C(=O)N2. The number of nitrogens with one attached hydrogen (secondary N) is 1. The topological polar surface area (TPSA) is 29.1 Å². The number of hydrogen-bond acceptors (Lipinski definition) is 1. The second-order valence-electron chi connectivity index (χ2n) is 3.68. The number of amides is 1. The largest absolute Gasteiger partial charge is 0.353 e. The van der Waals surface area contributed by atoms with Gasteiger partial charge in [-0.3, -0.25) is 4.79 Å². The molecule has 2 fully saturated rings. The molecule has 1 N–H and O–H groups in total. The van der Waals surface area contributed by atoms with Gasteiger partial charge in [-0.25, -0.2) is 0 Å². The molecule has 0 spiro atoms. The van der Waals surface area contributed by atoms with Crippen LogP contribution in [0.4, 0.5) is 0 Å². The molecule has 1 amide bonds. The van der Waals surface area contributed by atoms with Gasteiger partial charge in [0.2, 0.25) is 5.91 Å². The first kappa shape index (κ1) is 6.20. The third-order valence-corrected chi connectivity index (χ3v) is 3.27. The van der Waals surface area contributed by atoms with E-state index < -0.39 is 0 Å². The van der Waals surface area contributed by atoms with Gasteiger partial charge < -0.3 is 5.32 Å². The number of carbonyl (C=O) groups is 1. The van der Waals surface area contributed by atoms with Crippen LogP contribution in [0.15, 0.2) is 0 Å². The van der Waals surface area contributed by atoms with E-state index in [2.05, 4.69) is 19.2 Å². The van der Waals surface area contributed by atoms with E-state index in [9.17, 15) is 4.79 Å². The van der Waals surface area contributed by atoms with Gasteiger partial charge >= 0.3 is 0 Å². The van der Waals surface area contributed by atoms with Crippen LogP contribution in [0.5, 0.6) is 0 Å². The normalized spacial score (nSPS) is 51.6. The minimum Gasteiger partial charge on any atom is -0.353 e.